The molecule has 0 amide bonds. The molecule has 1 aromatic carbocycles. The Morgan fingerprint density at radius 3 is 3.00 bits per heavy atom. The van der Waals surface area contributed by atoms with Gasteiger partial charge in [0.05, 0.1) is 6.10 Å². The highest BCUT2D eigenvalue weighted by Gasteiger charge is 2.15. The van der Waals surface area contributed by atoms with E-state index in [0.29, 0.717) is 0 Å². The standard InChI is InChI=1S/C12H16O/c1-9-6-7-10-4-2-3-5-12(13)11(10)8-9/h6-8,12-13H,2-5H2,1H3/t12-/m1/s1. The van der Waals surface area contributed by atoms with E-state index in [1.165, 1.54) is 17.5 Å². The first-order valence-corrected chi connectivity index (χ1v) is 5.05. The van der Waals surface area contributed by atoms with Gasteiger partial charge in [-0.05, 0) is 37.3 Å². The molecule has 0 heterocycles. The third kappa shape index (κ3) is 1.75. The maximum absolute atomic E-state index is 9.87. The van der Waals surface area contributed by atoms with Crippen LogP contribution in [0.3, 0.4) is 0 Å². The Bertz CT molecular complexity index is 304. The van der Waals surface area contributed by atoms with E-state index in [2.05, 4.69) is 25.1 Å². The van der Waals surface area contributed by atoms with E-state index in [-0.39, 0.29) is 6.10 Å². The van der Waals surface area contributed by atoms with Gasteiger partial charge in [0, 0.05) is 0 Å². The van der Waals surface area contributed by atoms with E-state index in [4.69, 9.17) is 0 Å². The lowest BCUT2D eigenvalue weighted by Crippen LogP contribution is -1.98. The minimum Gasteiger partial charge on any atom is -0.388 e. The van der Waals surface area contributed by atoms with Gasteiger partial charge in [-0.2, -0.15) is 0 Å². The molecular weight excluding hydrogens is 160 g/mol. The zero-order chi connectivity index (χ0) is 9.26. The maximum Gasteiger partial charge on any atom is 0.0792 e. The van der Waals surface area contributed by atoms with Crippen molar-refractivity contribution in [3.63, 3.8) is 0 Å². The maximum atomic E-state index is 9.87. The molecule has 0 bridgehead atoms. The summed E-state index contributed by atoms with van der Waals surface area (Å²) in [5.41, 5.74) is 3.76. The van der Waals surface area contributed by atoms with E-state index in [9.17, 15) is 5.11 Å². The average molecular weight is 176 g/mol. The number of hydrogen-bond acceptors (Lipinski definition) is 1. The molecule has 0 radical (unpaired) electrons. The number of aliphatic hydroxyl groups is 1. The molecule has 1 atom stereocenters. The highest BCUT2D eigenvalue weighted by Crippen LogP contribution is 2.28. The van der Waals surface area contributed by atoms with Crippen molar-refractivity contribution in [2.75, 3.05) is 0 Å². The van der Waals surface area contributed by atoms with Crippen molar-refractivity contribution >= 4 is 0 Å². The lowest BCUT2D eigenvalue weighted by Gasteiger charge is -2.11. The van der Waals surface area contributed by atoms with Gasteiger partial charge in [-0.1, -0.05) is 30.2 Å². The summed E-state index contributed by atoms with van der Waals surface area (Å²) in [6.45, 7) is 2.08. The van der Waals surface area contributed by atoms with Crippen LogP contribution in [0, 0.1) is 6.92 Å². The Morgan fingerprint density at radius 2 is 2.15 bits per heavy atom. The number of benzene rings is 1. The summed E-state index contributed by atoms with van der Waals surface area (Å²) in [5.74, 6) is 0. The first-order valence-electron chi connectivity index (χ1n) is 5.05. The van der Waals surface area contributed by atoms with Gasteiger partial charge in [0.15, 0.2) is 0 Å². The monoisotopic (exact) mass is 176 g/mol. The normalized spacial score (nSPS) is 22.2. The largest absolute Gasteiger partial charge is 0.388 e. The minimum atomic E-state index is -0.225. The summed E-state index contributed by atoms with van der Waals surface area (Å²) in [6, 6.07) is 6.43. The third-order valence-electron chi connectivity index (χ3n) is 2.83. The number of aryl methyl sites for hydroxylation is 2. The molecule has 1 aliphatic rings. The van der Waals surface area contributed by atoms with Crippen molar-refractivity contribution in [2.24, 2.45) is 0 Å². The van der Waals surface area contributed by atoms with Crippen LogP contribution in [0.2, 0.25) is 0 Å². The lowest BCUT2D eigenvalue weighted by molar-refractivity contribution is 0.166. The Labute approximate surface area is 79.4 Å². The van der Waals surface area contributed by atoms with Gasteiger partial charge in [-0.25, -0.2) is 0 Å². The molecular formula is C12H16O. The van der Waals surface area contributed by atoms with Crippen LogP contribution in [0.15, 0.2) is 18.2 Å². The number of rotatable bonds is 0. The number of hydrogen-bond donors (Lipinski definition) is 1. The second-order valence-corrected chi connectivity index (χ2v) is 3.96. The van der Waals surface area contributed by atoms with E-state index in [1.54, 1.807) is 0 Å². The summed E-state index contributed by atoms with van der Waals surface area (Å²) < 4.78 is 0. The molecule has 0 aromatic heterocycles. The molecule has 2 rings (SSSR count). The van der Waals surface area contributed by atoms with Crippen molar-refractivity contribution in [1.29, 1.82) is 0 Å². The Kier molecular flexibility index (Phi) is 2.36. The smallest absolute Gasteiger partial charge is 0.0792 e. The van der Waals surface area contributed by atoms with Crippen LogP contribution in [0.5, 0.6) is 0 Å². The Hall–Kier alpha value is -0.820. The topological polar surface area (TPSA) is 20.2 Å². The predicted octanol–water partition coefficient (Wildman–Crippen LogP) is 2.75. The number of fused-ring (bicyclic) bond motifs is 1. The van der Waals surface area contributed by atoms with Gasteiger partial charge in [0.25, 0.3) is 0 Å². The van der Waals surface area contributed by atoms with Crippen LogP contribution < -0.4 is 0 Å². The molecule has 1 N–H and O–H groups in total. The molecule has 70 valence electrons. The molecule has 1 heteroatoms. The van der Waals surface area contributed by atoms with Gasteiger partial charge in [0.1, 0.15) is 0 Å². The van der Waals surface area contributed by atoms with E-state index >= 15 is 0 Å². The molecule has 0 unspecified atom stereocenters. The molecule has 0 saturated carbocycles. The molecule has 1 aromatic rings. The van der Waals surface area contributed by atoms with Crippen molar-refractivity contribution in [2.45, 2.75) is 38.7 Å². The predicted molar refractivity (Wildman–Crippen MR) is 53.7 cm³/mol. The Morgan fingerprint density at radius 1 is 1.31 bits per heavy atom. The van der Waals surface area contributed by atoms with Crippen molar-refractivity contribution in [3.05, 3.63) is 34.9 Å². The number of aliphatic hydroxyl groups excluding tert-OH is 1. The SMILES string of the molecule is Cc1ccc2c(c1)[C@H](O)CCCC2. The molecule has 1 nitrogen and oxygen atoms in total. The summed E-state index contributed by atoms with van der Waals surface area (Å²) in [7, 11) is 0. The second kappa shape index (κ2) is 3.51. The van der Waals surface area contributed by atoms with Gasteiger partial charge in [-0.15, -0.1) is 0 Å². The van der Waals surface area contributed by atoms with Crippen LogP contribution in [-0.4, -0.2) is 5.11 Å². The van der Waals surface area contributed by atoms with Crippen molar-refractivity contribution < 1.29 is 5.11 Å². The second-order valence-electron chi connectivity index (χ2n) is 3.96. The van der Waals surface area contributed by atoms with E-state index in [1.807, 2.05) is 0 Å². The fourth-order valence-corrected chi connectivity index (χ4v) is 2.06. The quantitative estimate of drug-likeness (QED) is 0.603. The minimum absolute atomic E-state index is 0.225. The molecule has 13 heavy (non-hydrogen) atoms. The molecule has 0 saturated heterocycles. The van der Waals surface area contributed by atoms with Crippen molar-refractivity contribution in [1.82, 2.24) is 0 Å². The summed E-state index contributed by atoms with van der Waals surface area (Å²) in [5, 5.41) is 9.87. The zero-order valence-corrected chi connectivity index (χ0v) is 8.09. The van der Waals surface area contributed by atoms with Crippen LogP contribution in [0.1, 0.15) is 42.1 Å². The highest BCUT2D eigenvalue weighted by atomic mass is 16.3. The molecule has 0 aliphatic heterocycles. The highest BCUT2D eigenvalue weighted by molar-refractivity contribution is 5.33. The first-order chi connectivity index (χ1) is 6.27. The fourth-order valence-electron chi connectivity index (χ4n) is 2.06. The van der Waals surface area contributed by atoms with Gasteiger partial charge < -0.3 is 5.11 Å². The van der Waals surface area contributed by atoms with Gasteiger partial charge in [-0.3, -0.25) is 0 Å². The van der Waals surface area contributed by atoms with Crippen LogP contribution in [0.25, 0.3) is 0 Å². The average Bonchev–Trinajstić information content (AvgIpc) is 2.29. The fraction of sp³-hybridized carbons (Fsp3) is 0.500. The molecule has 0 fully saturated rings. The summed E-state index contributed by atoms with van der Waals surface area (Å²) >= 11 is 0. The third-order valence-corrected chi connectivity index (χ3v) is 2.83. The van der Waals surface area contributed by atoms with Crippen LogP contribution in [0.4, 0.5) is 0 Å². The zero-order valence-electron chi connectivity index (χ0n) is 8.09. The lowest BCUT2D eigenvalue weighted by atomic mass is 9.99. The summed E-state index contributed by atoms with van der Waals surface area (Å²) in [6.07, 6.45) is 4.20. The van der Waals surface area contributed by atoms with E-state index in [0.717, 1.165) is 24.8 Å². The van der Waals surface area contributed by atoms with Gasteiger partial charge >= 0.3 is 0 Å². The first kappa shape index (κ1) is 8.76. The van der Waals surface area contributed by atoms with Crippen LogP contribution in [-0.2, 0) is 6.42 Å². The van der Waals surface area contributed by atoms with Gasteiger partial charge in [0.2, 0.25) is 0 Å². The van der Waals surface area contributed by atoms with Crippen molar-refractivity contribution in [3.8, 4) is 0 Å². The van der Waals surface area contributed by atoms with Crippen LogP contribution >= 0.6 is 0 Å². The Balaban J connectivity index is 2.43. The van der Waals surface area contributed by atoms with E-state index < -0.39 is 0 Å². The summed E-state index contributed by atoms with van der Waals surface area (Å²) in [4.78, 5) is 0. The molecule has 1 aliphatic carbocycles. The molecule has 0 spiro atoms.